The minimum Gasteiger partial charge on any atom is -0.392 e. The third-order valence-corrected chi connectivity index (χ3v) is 3.01. The Morgan fingerprint density at radius 2 is 2.22 bits per heavy atom. The van der Waals surface area contributed by atoms with Crippen molar-refractivity contribution in [2.75, 3.05) is 11.9 Å². The molecular formula is C11H13N5O2. The van der Waals surface area contributed by atoms with Crippen LogP contribution in [0, 0.1) is 0 Å². The van der Waals surface area contributed by atoms with Crippen LogP contribution in [0.4, 0.5) is 5.69 Å². The van der Waals surface area contributed by atoms with Crippen molar-refractivity contribution in [3.05, 3.63) is 18.2 Å². The Morgan fingerprint density at radius 3 is 3.00 bits per heavy atom. The van der Waals surface area contributed by atoms with Crippen LogP contribution in [0.2, 0.25) is 0 Å². The molecule has 7 heteroatoms. The Morgan fingerprint density at radius 1 is 1.39 bits per heavy atom. The van der Waals surface area contributed by atoms with Crippen molar-refractivity contribution < 1.29 is 9.90 Å². The molecule has 0 radical (unpaired) electrons. The lowest BCUT2D eigenvalue weighted by molar-refractivity contribution is -0.117. The van der Waals surface area contributed by atoms with E-state index in [4.69, 9.17) is 0 Å². The number of nitrogens with one attached hydrogen (secondary N) is 3. The van der Waals surface area contributed by atoms with Crippen LogP contribution in [0.15, 0.2) is 18.2 Å². The number of hydrogen-bond acceptors (Lipinski definition) is 5. The lowest BCUT2D eigenvalue weighted by atomic mass is 10.2. The second-order valence-electron chi connectivity index (χ2n) is 4.37. The number of anilines is 1. The smallest absolute Gasteiger partial charge is 0.241 e. The summed E-state index contributed by atoms with van der Waals surface area (Å²) >= 11 is 0. The molecule has 2 heterocycles. The number of fused-ring (bicyclic) bond motifs is 1. The zero-order valence-corrected chi connectivity index (χ0v) is 9.55. The van der Waals surface area contributed by atoms with Crippen LogP contribution < -0.4 is 10.6 Å². The summed E-state index contributed by atoms with van der Waals surface area (Å²) in [4.78, 5) is 11.9. The number of carbonyl (C=O) groups is 1. The summed E-state index contributed by atoms with van der Waals surface area (Å²) < 4.78 is 0. The largest absolute Gasteiger partial charge is 0.392 e. The van der Waals surface area contributed by atoms with Gasteiger partial charge >= 0.3 is 0 Å². The maximum Gasteiger partial charge on any atom is 0.241 e. The summed E-state index contributed by atoms with van der Waals surface area (Å²) in [5, 5.41) is 25.5. The van der Waals surface area contributed by atoms with Crippen LogP contribution in [-0.4, -0.2) is 45.1 Å². The number of hydrogen-bond donors (Lipinski definition) is 4. The lowest BCUT2D eigenvalue weighted by Gasteiger charge is -2.10. The van der Waals surface area contributed by atoms with Gasteiger partial charge in [-0.1, -0.05) is 0 Å². The molecule has 7 nitrogen and oxygen atoms in total. The molecule has 18 heavy (non-hydrogen) atoms. The molecule has 0 aliphatic carbocycles. The average molecular weight is 247 g/mol. The third-order valence-electron chi connectivity index (χ3n) is 3.01. The molecule has 2 atom stereocenters. The van der Waals surface area contributed by atoms with Crippen molar-refractivity contribution >= 4 is 22.6 Å². The van der Waals surface area contributed by atoms with Crippen molar-refractivity contribution in [1.29, 1.82) is 0 Å². The molecule has 1 amide bonds. The quantitative estimate of drug-likeness (QED) is 0.579. The van der Waals surface area contributed by atoms with E-state index >= 15 is 0 Å². The molecule has 1 aromatic heterocycles. The summed E-state index contributed by atoms with van der Waals surface area (Å²) in [5.41, 5.74) is 2.12. The lowest BCUT2D eigenvalue weighted by Crippen LogP contribution is -2.35. The second kappa shape index (κ2) is 4.35. The molecule has 2 aromatic rings. The van der Waals surface area contributed by atoms with Crippen LogP contribution >= 0.6 is 0 Å². The molecule has 0 saturated carbocycles. The van der Waals surface area contributed by atoms with Gasteiger partial charge in [0.05, 0.1) is 12.1 Å². The monoisotopic (exact) mass is 247 g/mol. The highest BCUT2D eigenvalue weighted by molar-refractivity contribution is 5.96. The minimum atomic E-state index is -0.446. The van der Waals surface area contributed by atoms with E-state index < -0.39 is 6.10 Å². The van der Waals surface area contributed by atoms with Crippen molar-refractivity contribution in [1.82, 2.24) is 20.7 Å². The summed E-state index contributed by atoms with van der Waals surface area (Å²) in [6.07, 6.45) is -0.00308. The number of rotatable bonds is 2. The van der Waals surface area contributed by atoms with Gasteiger partial charge in [0.15, 0.2) is 0 Å². The number of H-pyrrole nitrogens is 1. The Balaban J connectivity index is 1.73. The molecule has 3 rings (SSSR count). The first kappa shape index (κ1) is 11.1. The van der Waals surface area contributed by atoms with E-state index in [1.165, 1.54) is 0 Å². The highest BCUT2D eigenvalue weighted by Crippen LogP contribution is 2.16. The van der Waals surface area contributed by atoms with E-state index in [9.17, 15) is 9.90 Å². The summed E-state index contributed by atoms with van der Waals surface area (Å²) in [6, 6.07) is 4.97. The Labute approximate surface area is 103 Å². The molecule has 1 aliphatic rings. The summed E-state index contributed by atoms with van der Waals surface area (Å²) in [5.74, 6) is -0.144. The van der Waals surface area contributed by atoms with Crippen molar-refractivity contribution in [2.24, 2.45) is 0 Å². The average Bonchev–Trinajstić information content (AvgIpc) is 2.96. The number of aliphatic hydroxyl groups excluding tert-OH is 1. The van der Waals surface area contributed by atoms with Gasteiger partial charge in [0.25, 0.3) is 0 Å². The third kappa shape index (κ3) is 2.05. The number of aromatic amines is 1. The molecule has 0 bridgehead atoms. The molecule has 1 aliphatic heterocycles. The fourth-order valence-corrected chi connectivity index (χ4v) is 2.06. The van der Waals surface area contributed by atoms with E-state index in [1.807, 2.05) is 0 Å². The SMILES string of the molecule is O=C(Nc1ccc2n[nH]nc2c1)C1CC(O)CN1. The number of nitrogens with zero attached hydrogens (tertiary/aromatic N) is 2. The molecule has 1 aromatic carbocycles. The zero-order chi connectivity index (χ0) is 12.5. The van der Waals surface area contributed by atoms with Crippen LogP contribution in [-0.2, 0) is 4.79 Å². The Kier molecular flexibility index (Phi) is 2.69. The van der Waals surface area contributed by atoms with Gasteiger partial charge in [0.2, 0.25) is 5.91 Å². The molecule has 94 valence electrons. The van der Waals surface area contributed by atoms with E-state index in [-0.39, 0.29) is 11.9 Å². The first-order valence-corrected chi connectivity index (χ1v) is 5.75. The molecule has 2 unspecified atom stereocenters. The Hall–Kier alpha value is -1.99. The van der Waals surface area contributed by atoms with E-state index in [2.05, 4.69) is 26.0 Å². The molecule has 4 N–H and O–H groups in total. The van der Waals surface area contributed by atoms with Gasteiger partial charge in [0, 0.05) is 12.2 Å². The van der Waals surface area contributed by atoms with Crippen LogP contribution in [0.1, 0.15) is 6.42 Å². The number of amides is 1. The van der Waals surface area contributed by atoms with Gasteiger partial charge in [0.1, 0.15) is 11.0 Å². The highest BCUT2D eigenvalue weighted by atomic mass is 16.3. The number of aliphatic hydroxyl groups is 1. The molecule has 1 fully saturated rings. The fourth-order valence-electron chi connectivity index (χ4n) is 2.06. The van der Waals surface area contributed by atoms with Crippen LogP contribution in [0.25, 0.3) is 11.0 Å². The van der Waals surface area contributed by atoms with Gasteiger partial charge in [-0.3, -0.25) is 4.79 Å². The predicted molar refractivity (Wildman–Crippen MR) is 64.9 cm³/mol. The van der Waals surface area contributed by atoms with Gasteiger partial charge in [-0.2, -0.15) is 15.4 Å². The number of benzene rings is 1. The number of carbonyl (C=O) groups excluding carboxylic acids is 1. The Bertz CT molecular complexity index is 582. The minimum absolute atomic E-state index is 0.144. The van der Waals surface area contributed by atoms with E-state index in [1.54, 1.807) is 18.2 Å². The standard InChI is InChI=1S/C11H13N5O2/c17-7-4-10(12-5-7)11(18)13-6-1-2-8-9(3-6)15-16-14-8/h1-3,7,10,12,17H,4-5H2,(H,13,18)(H,14,15,16). The van der Waals surface area contributed by atoms with Gasteiger partial charge in [-0.15, -0.1) is 0 Å². The van der Waals surface area contributed by atoms with Crippen molar-refractivity contribution in [3.8, 4) is 0 Å². The highest BCUT2D eigenvalue weighted by Gasteiger charge is 2.27. The van der Waals surface area contributed by atoms with Crippen molar-refractivity contribution in [3.63, 3.8) is 0 Å². The first-order valence-electron chi connectivity index (χ1n) is 5.75. The normalized spacial score (nSPS) is 23.4. The number of aromatic nitrogens is 3. The number of β-amino-alcohol motifs (C(OH)–C–C–N with tert-alkyl or cyclic N) is 1. The van der Waals surface area contributed by atoms with E-state index in [0.29, 0.717) is 24.2 Å². The molecule has 1 saturated heterocycles. The summed E-state index contributed by atoms with van der Waals surface area (Å²) in [7, 11) is 0. The second-order valence-corrected chi connectivity index (χ2v) is 4.37. The molecular weight excluding hydrogens is 234 g/mol. The van der Waals surface area contributed by atoms with Crippen molar-refractivity contribution in [2.45, 2.75) is 18.6 Å². The topological polar surface area (TPSA) is 103 Å². The van der Waals surface area contributed by atoms with Crippen LogP contribution in [0.5, 0.6) is 0 Å². The van der Waals surface area contributed by atoms with Crippen LogP contribution in [0.3, 0.4) is 0 Å². The maximum absolute atomic E-state index is 11.9. The fraction of sp³-hybridized carbons (Fsp3) is 0.364. The van der Waals surface area contributed by atoms with E-state index in [0.717, 1.165) is 5.52 Å². The van der Waals surface area contributed by atoms with Gasteiger partial charge in [-0.05, 0) is 24.6 Å². The molecule has 0 spiro atoms. The zero-order valence-electron chi connectivity index (χ0n) is 9.55. The maximum atomic E-state index is 11.9. The summed E-state index contributed by atoms with van der Waals surface area (Å²) in [6.45, 7) is 0.459. The van der Waals surface area contributed by atoms with Gasteiger partial charge < -0.3 is 15.7 Å². The predicted octanol–water partition coefficient (Wildman–Crippen LogP) is -0.381. The van der Waals surface area contributed by atoms with Gasteiger partial charge in [-0.25, -0.2) is 0 Å². The first-order chi connectivity index (χ1) is 8.72.